The van der Waals surface area contributed by atoms with Gasteiger partial charge in [-0.05, 0) is 11.5 Å². The van der Waals surface area contributed by atoms with Gasteiger partial charge < -0.3 is 5.32 Å². The highest BCUT2D eigenvalue weighted by Crippen LogP contribution is 2.27. The summed E-state index contributed by atoms with van der Waals surface area (Å²) in [5, 5.41) is 14.8. The minimum Gasteiger partial charge on any atom is -0.301 e. The Morgan fingerprint density at radius 3 is 2.58 bits per heavy atom. The van der Waals surface area contributed by atoms with Crippen molar-refractivity contribution in [2.45, 2.75) is 31.5 Å². The van der Waals surface area contributed by atoms with E-state index in [1.165, 1.54) is 28.7 Å². The summed E-state index contributed by atoms with van der Waals surface area (Å²) < 4.78 is 1.98. The van der Waals surface area contributed by atoms with Crippen LogP contribution in [0.1, 0.15) is 25.3 Å². The second-order valence-electron chi connectivity index (χ2n) is 7.72. The number of thioether (sulfide) groups is 1. The Morgan fingerprint density at radius 1 is 1.12 bits per heavy atom. The highest BCUT2D eigenvalue weighted by Gasteiger charge is 2.16. The van der Waals surface area contributed by atoms with Crippen molar-refractivity contribution in [2.75, 3.05) is 11.1 Å². The molecule has 0 unspecified atom stereocenters. The van der Waals surface area contributed by atoms with Gasteiger partial charge in [0.05, 0.1) is 11.4 Å². The van der Waals surface area contributed by atoms with Crippen molar-refractivity contribution in [3.63, 3.8) is 0 Å². The quantitative estimate of drug-likeness (QED) is 0.234. The van der Waals surface area contributed by atoms with Crippen molar-refractivity contribution >= 4 is 34.1 Å². The second kappa shape index (κ2) is 10.6. The number of aromatic nitrogens is 4. The standard InChI is InChI=1S/C25H25N5OS2/c1-4-14-30-23(20-12-10-18(11-13-20)17(2)3)28-29-25(30)33-16-22(31)27-24-26-21(15-32-24)19-8-6-5-7-9-19/h4-13,15,17H,1,14,16H2,2-3H3,(H,26,27,31). The van der Waals surface area contributed by atoms with Gasteiger partial charge in [-0.25, -0.2) is 4.98 Å². The average Bonchev–Trinajstić information content (AvgIpc) is 3.46. The summed E-state index contributed by atoms with van der Waals surface area (Å²) in [5.74, 6) is 1.31. The maximum absolute atomic E-state index is 12.5. The minimum absolute atomic E-state index is 0.134. The summed E-state index contributed by atoms with van der Waals surface area (Å²) >= 11 is 2.76. The fraction of sp³-hybridized carbons (Fsp3) is 0.200. The van der Waals surface area contributed by atoms with Gasteiger partial charge in [-0.1, -0.05) is 86.3 Å². The number of carbonyl (C=O) groups excluding carboxylic acids is 1. The predicted octanol–water partition coefficient (Wildman–Crippen LogP) is 6.11. The minimum atomic E-state index is -0.134. The summed E-state index contributed by atoms with van der Waals surface area (Å²) in [7, 11) is 0. The van der Waals surface area contributed by atoms with Gasteiger partial charge in [0, 0.05) is 23.1 Å². The first-order valence-electron chi connectivity index (χ1n) is 10.6. The molecule has 4 rings (SSSR count). The van der Waals surface area contributed by atoms with Crippen LogP contribution < -0.4 is 5.32 Å². The molecule has 168 valence electrons. The first-order chi connectivity index (χ1) is 16.0. The number of amides is 1. The lowest BCUT2D eigenvalue weighted by Crippen LogP contribution is -2.14. The SMILES string of the molecule is C=CCn1c(SCC(=O)Nc2nc(-c3ccccc3)cs2)nnc1-c1ccc(C(C)C)cc1. The normalized spacial score (nSPS) is 11.0. The third-order valence-electron chi connectivity index (χ3n) is 5.02. The highest BCUT2D eigenvalue weighted by atomic mass is 32.2. The molecule has 0 saturated heterocycles. The fourth-order valence-corrected chi connectivity index (χ4v) is 4.76. The lowest BCUT2D eigenvalue weighted by molar-refractivity contribution is -0.113. The van der Waals surface area contributed by atoms with Crippen LogP contribution >= 0.6 is 23.1 Å². The lowest BCUT2D eigenvalue weighted by Gasteiger charge is -2.09. The van der Waals surface area contributed by atoms with Crippen LogP contribution in [0.4, 0.5) is 5.13 Å². The van der Waals surface area contributed by atoms with Crippen molar-refractivity contribution in [2.24, 2.45) is 0 Å². The van der Waals surface area contributed by atoms with Crippen molar-refractivity contribution in [3.8, 4) is 22.6 Å². The van der Waals surface area contributed by atoms with Gasteiger partial charge in [-0.2, -0.15) is 0 Å². The summed E-state index contributed by atoms with van der Waals surface area (Å²) in [5.41, 5.74) is 4.14. The third kappa shape index (κ3) is 5.58. The summed E-state index contributed by atoms with van der Waals surface area (Å²) in [6, 6.07) is 18.3. The highest BCUT2D eigenvalue weighted by molar-refractivity contribution is 7.99. The van der Waals surface area contributed by atoms with E-state index < -0.39 is 0 Å². The van der Waals surface area contributed by atoms with E-state index in [0.29, 0.717) is 22.8 Å². The Morgan fingerprint density at radius 2 is 1.88 bits per heavy atom. The topological polar surface area (TPSA) is 72.7 Å². The number of hydrogen-bond donors (Lipinski definition) is 1. The van der Waals surface area contributed by atoms with Crippen LogP contribution in [-0.4, -0.2) is 31.4 Å². The molecular weight excluding hydrogens is 450 g/mol. The molecule has 0 spiro atoms. The molecule has 0 aliphatic rings. The summed E-state index contributed by atoms with van der Waals surface area (Å²) in [6.45, 7) is 8.76. The van der Waals surface area contributed by atoms with Gasteiger partial charge in [0.25, 0.3) is 0 Å². The number of hydrogen-bond acceptors (Lipinski definition) is 6. The number of rotatable bonds is 9. The van der Waals surface area contributed by atoms with E-state index in [4.69, 9.17) is 0 Å². The molecular formula is C25H25N5OS2. The Labute approximate surface area is 201 Å². The van der Waals surface area contributed by atoms with Crippen molar-refractivity contribution < 1.29 is 4.79 Å². The molecule has 33 heavy (non-hydrogen) atoms. The molecule has 0 atom stereocenters. The fourth-order valence-electron chi connectivity index (χ4n) is 3.28. The largest absolute Gasteiger partial charge is 0.301 e. The lowest BCUT2D eigenvalue weighted by atomic mass is 10.0. The number of thiazole rings is 1. The second-order valence-corrected chi connectivity index (χ2v) is 9.52. The van der Waals surface area contributed by atoms with Crippen molar-refractivity contribution in [1.82, 2.24) is 19.7 Å². The molecule has 0 aliphatic heterocycles. The molecule has 1 amide bonds. The zero-order chi connectivity index (χ0) is 23.2. The molecule has 2 heterocycles. The van der Waals surface area contributed by atoms with Gasteiger partial charge in [0.2, 0.25) is 5.91 Å². The molecule has 0 saturated carbocycles. The van der Waals surface area contributed by atoms with E-state index in [0.717, 1.165) is 22.6 Å². The van der Waals surface area contributed by atoms with Gasteiger partial charge in [0.15, 0.2) is 16.1 Å². The molecule has 0 fully saturated rings. The number of benzene rings is 2. The van der Waals surface area contributed by atoms with E-state index >= 15 is 0 Å². The van der Waals surface area contributed by atoms with E-state index in [1.807, 2.05) is 40.3 Å². The monoisotopic (exact) mass is 475 g/mol. The Bertz CT molecular complexity index is 1230. The van der Waals surface area contributed by atoms with Crippen LogP contribution in [0.2, 0.25) is 0 Å². The van der Waals surface area contributed by atoms with Crippen LogP contribution in [0.3, 0.4) is 0 Å². The van der Waals surface area contributed by atoms with E-state index in [1.54, 1.807) is 6.08 Å². The summed E-state index contributed by atoms with van der Waals surface area (Å²) in [6.07, 6.45) is 1.81. The van der Waals surface area contributed by atoms with Crippen molar-refractivity contribution in [3.05, 3.63) is 78.2 Å². The van der Waals surface area contributed by atoms with Gasteiger partial charge >= 0.3 is 0 Å². The number of nitrogens with zero attached hydrogens (tertiary/aromatic N) is 4. The first-order valence-corrected chi connectivity index (χ1v) is 12.5. The predicted molar refractivity (Wildman–Crippen MR) is 137 cm³/mol. The Kier molecular flexibility index (Phi) is 7.36. The molecule has 8 heteroatoms. The van der Waals surface area contributed by atoms with E-state index in [-0.39, 0.29) is 11.7 Å². The third-order valence-corrected chi connectivity index (χ3v) is 6.74. The number of allylic oxidation sites excluding steroid dienone is 1. The van der Waals surface area contributed by atoms with E-state index in [9.17, 15) is 4.79 Å². The van der Waals surface area contributed by atoms with Gasteiger partial charge in [-0.3, -0.25) is 9.36 Å². The number of carbonyl (C=O) groups is 1. The number of nitrogens with one attached hydrogen (secondary N) is 1. The van der Waals surface area contributed by atoms with Gasteiger partial charge in [-0.15, -0.1) is 28.1 Å². The zero-order valence-electron chi connectivity index (χ0n) is 18.6. The zero-order valence-corrected chi connectivity index (χ0v) is 20.2. The molecule has 0 aliphatic carbocycles. The molecule has 2 aromatic heterocycles. The molecule has 0 radical (unpaired) electrons. The molecule has 1 N–H and O–H groups in total. The summed E-state index contributed by atoms with van der Waals surface area (Å²) in [4.78, 5) is 17.1. The molecule has 2 aromatic carbocycles. The maximum atomic E-state index is 12.5. The number of anilines is 1. The van der Waals surface area contributed by atoms with Crippen LogP contribution in [-0.2, 0) is 11.3 Å². The molecule has 6 nitrogen and oxygen atoms in total. The van der Waals surface area contributed by atoms with Crippen LogP contribution in [0, 0.1) is 0 Å². The van der Waals surface area contributed by atoms with Crippen molar-refractivity contribution in [1.29, 1.82) is 0 Å². The van der Waals surface area contributed by atoms with Gasteiger partial charge in [0.1, 0.15) is 0 Å². The van der Waals surface area contributed by atoms with Crippen LogP contribution in [0.5, 0.6) is 0 Å². The van der Waals surface area contributed by atoms with Crippen LogP contribution in [0.25, 0.3) is 22.6 Å². The Balaban J connectivity index is 1.42. The average molecular weight is 476 g/mol. The van der Waals surface area contributed by atoms with Crippen LogP contribution in [0.15, 0.2) is 77.8 Å². The maximum Gasteiger partial charge on any atom is 0.236 e. The Hall–Kier alpha value is -3.23. The van der Waals surface area contributed by atoms with E-state index in [2.05, 4.69) is 65.2 Å². The first kappa shape index (κ1) is 22.9. The smallest absolute Gasteiger partial charge is 0.236 e. The molecule has 4 aromatic rings. The molecule has 0 bridgehead atoms.